The number of rotatable bonds is 3. The van der Waals surface area contributed by atoms with Crippen molar-refractivity contribution in [3.63, 3.8) is 0 Å². The van der Waals surface area contributed by atoms with Crippen LogP contribution in [-0.4, -0.2) is 17.1 Å². The second kappa shape index (κ2) is 4.76. The van der Waals surface area contributed by atoms with Gasteiger partial charge >= 0.3 is 5.97 Å². The first-order chi connectivity index (χ1) is 9.63. The number of hydrogen-bond donors (Lipinski definition) is 2. The van der Waals surface area contributed by atoms with Gasteiger partial charge in [0.15, 0.2) is 0 Å². The maximum Gasteiger partial charge on any atom is 0.314 e. The van der Waals surface area contributed by atoms with Crippen molar-refractivity contribution in [2.24, 2.45) is 5.73 Å². The zero-order valence-electron chi connectivity index (χ0n) is 11.1. The van der Waals surface area contributed by atoms with Crippen molar-refractivity contribution in [2.75, 3.05) is 0 Å². The van der Waals surface area contributed by atoms with Crippen LogP contribution in [0.5, 0.6) is 0 Å². The second-order valence-electron chi connectivity index (χ2n) is 5.47. The molecule has 20 heavy (non-hydrogen) atoms. The molecule has 0 atom stereocenters. The molecule has 0 aliphatic heterocycles. The van der Waals surface area contributed by atoms with Crippen LogP contribution in [0.15, 0.2) is 54.6 Å². The Bertz CT molecular complexity index is 630. The summed E-state index contributed by atoms with van der Waals surface area (Å²) >= 11 is 0. The Balaban J connectivity index is 2.13. The molecule has 0 amide bonds. The van der Waals surface area contributed by atoms with Crippen molar-refractivity contribution >= 4 is 5.97 Å². The lowest BCUT2D eigenvalue weighted by Gasteiger charge is -2.44. The van der Waals surface area contributed by atoms with Crippen LogP contribution < -0.4 is 5.73 Å². The summed E-state index contributed by atoms with van der Waals surface area (Å²) in [6, 6.07) is 17.6. The molecular weight excluding hydrogens is 250 g/mol. The third-order valence-electron chi connectivity index (χ3n) is 4.16. The molecule has 0 bridgehead atoms. The molecule has 3 rings (SSSR count). The third-order valence-corrected chi connectivity index (χ3v) is 4.16. The van der Waals surface area contributed by atoms with Gasteiger partial charge in [-0.05, 0) is 29.5 Å². The van der Waals surface area contributed by atoms with E-state index in [1.807, 2.05) is 54.6 Å². The molecule has 1 fully saturated rings. The fourth-order valence-electron chi connectivity index (χ4n) is 3.11. The van der Waals surface area contributed by atoms with Crippen LogP contribution in [0.25, 0.3) is 11.1 Å². The topological polar surface area (TPSA) is 63.3 Å². The molecule has 0 spiro atoms. The molecule has 3 N–H and O–H groups in total. The number of benzene rings is 2. The normalized spacial score (nSPS) is 24.9. The minimum absolute atomic E-state index is 0.0186. The van der Waals surface area contributed by atoms with E-state index < -0.39 is 11.4 Å². The van der Waals surface area contributed by atoms with Crippen LogP contribution in [0, 0.1) is 0 Å². The quantitative estimate of drug-likeness (QED) is 0.898. The van der Waals surface area contributed by atoms with Crippen molar-refractivity contribution in [3.8, 4) is 11.1 Å². The zero-order chi connectivity index (χ0) is 14.2. The van der Waals surface area contributed by atoms with Crippen LogP contribution in [-0.2, 0) is 10.2 Å². The first-order valence-electron chi connectivity index (χ1n) is 6.77. The van der Waals surface area contributed by atoms with Crippen molar-refractivity contribution in [3.05, 3.63) is 60.2 Å². The van der Waals surface area contributed by atoms with Gasteiger partial charge in [0.2, 0.25) is 0 Å². The number of nitrogens with two attached hydrogens (primary N) is 1. The van der Waals surface area contributed by atoms with E-state index in [1.165, 1.54) is 0 Å². The average molecular weight is 267 g/mol. The molecule has 0 aromatic heterocycles. The van der Waals surface area contributed by atoms with E-state index in [4.69, 9.17) is 5.73 Å². The maximum atomic E-state index is 11.8. The molecule has 2 aromatic rings. The molecule has 1 aliphatic rings. The lowest BCUT2D eigenvalue weighted by molar-refractivity contribution is -0.148. The monoisotopic (exact) mass is 267 g/mol. The van der Waals surface area contributed by atoms with Crippen molar-refractivity contribution in [1.29, 1.82) is 0 Å². The summed E-state index contributed by atoms with van der Waals surface area (Å²) in [7, 11) is 0. The molecule has 102 valence electrons. The van der Waals surface area contributed by atoms with Gasteiger partial charge in [0.25, 0.3) is 0 Å². The first kappa shape index (κ1) is 12.9. The van der Waals surface area contributed by atoms with E-state index in [0.717, 1.165) is 16.7 Å². The SMILES string of the molecule is NC1CC(C(=O)O)(c2ccccc2-c2ccccc2)C1. The van der Waals surface area contributed by atoms with E-state index in [1.54, 1.807) is 0 Å². The minimum atomic E-state index is -0.828. The number of carbonyl (C=O) groups is 1. The molecule has 0 heterocycles. The Hall–Kier alpha value is -2.13. The fraction of sp³-hybridized carbons (Fsp3) is 0.235. The van der Waals surface area contributed by atoms with Gasteiger partial charge in [0.05, 0.1) is 5.41 Å². The Morgan fingerprint density at radius 1 is 1.05 bits per heavy atom. The standard InChI is InChI=1S/C17H17NO2/c18-13-10-17(11-13,16(19)20)15-9-5-4-8-14(15)12-6-2-1-3-7-12/h1-9,13H,10-11,18H2,(H,19,20). The molecule has 1 saturated carbocycles. The number of hydrogen-bond acceptors (Lipinski definition) is 2. The summed E-state index contributed by atoms with van der Waals surface area (Å²) in [6.07, 6.45) is 1.01. The Kier molecular flexibility index (Phi) is 3.07. The van der Waals surface area contributed by atoms with E-state index in [9.17, 15) is 9.90 Å². The molecule has 3 nitrogen and oxygen atoms in total. The summed E-state index contributed by atoms with van der Waals surface area (Å²) in [4.78, 5) is 11.8. The first-order valence-corrected chi connectivity index (χ1v) is 6.77. The molecular formula is C17H17NO2. The third kappa shape index (κ3) is 1.91. The van der Waals surface area contributed by atoms with Crippen LogP contribution in [0.1, 0.15) is 18.4 Å². The van der Waals surface area contributed by atoms with Gasteiger partial charge in [-0.2, -0.15) is 0 Å². The highest BCUT2D eigenvalue weighted by molar-refractivity contribution is 5.87. The second-order valence-corrected chi connectivity index (χ2v) is 5.47. The lowest BCUT2D eigenvalue weighted by atomic mass is 9.60. The molecule has 0 radical (unpaired) electrons. The van der Waals surface area contributed by atoms with Gasteiger partial charge in [0, 0.05) is 6.04 Å². The fourth-order valence-corrected chi connectivity index (χ4v) is 3.11. The summed E-state index contributed by atoms with van der Waals surface area (Å²) in [5.74, 6) is -0.775. The Labute approximate surface area is 118 Å². The van der Waals surface area contributed by atoms with Crippen LogP contribution in [0.3, 0.4) is 0 Å². The summed E-state index contributed by atoms with van der Waals surface area (Å²) in [6.45, 7) is 0. The van der Waals surface area contributed by atoms with E-state index in [-0.39, 0.29) is 6.04 Å². The van der Waals surface area contributed by atoms with Gasteiger partial charge < -0.3 is 10.8 Å². The number of aliphatic carboxylic acids is 1. The van der Waals surface area contributed by atoms with Crippen LogP contribution >= 0.6 is 0 Å². The maximum absolute atomic E-state index is 11.8. The van der Waals surface area contributed by atoms with Crippen molar-refractivity contribution < 1.29 is 9.90 Å². The molecule has 3 heteroatoms. The highest BCUT2D eigenvalue weighted by atomic mass is 16.4. The van der Waals surface area contributed by atoms with E-state index >= 15 is 0 Å². The van der Waals surface area contributed by atoms with Crippen LogP contribution in [0.4, 0.5) is 0 Å². The smallest absolute Gasteiger partial charge is 0.314 e. The minimum Gasteiger partial charge on any atom is -0.481 e. The molecule has 0 unspecified atom stereocenters. The summed E-state index contributed by atoms with van der Waals surface area (Å²) in [5, 5.41) is 9.67. The van der Waals surface area contributed by atoms with Crippen LogP contribution in [0.2, 0.25) is 0 Å². The Morgan fingerprint density at radius 2 is 1.65 bits per heavy atom. The predicted molar refractivity (Wildman–Crippen MR) is 78.4 cm³/mol. The van der Waals surface area contributed by atoms with E-state index in [2.05, 4.69) is 0 Å². The van der Waals surface area contributed by atoms with E-state index in [0.29, 0.717) is 12.8 Å². The van der Waals surface area contributed by atoms with Gasteiger partial charge in [-0.25, -0.2) is 0 Å². The number of carboxylic acids is 1. The highest BCUT2D eigenvalue weighted by Crippen LogP contribution is 2.46. The number of carboxylic acid groups (broad SMARTS) is 1. The van der Waals surface area contributed by atoms with Crippen molar-refractivity contribution in [1.82, 2.24) is 0 Å². The molecule has 0 saturated heterocycles. The zero-order valence-corrected chi connectivity index (χ0v) is 11.1. The molecule has 2 aromatic carbocycles. The van der Waals surface area contributed by atoms with Gasteiger partial charge in [0.1, 0.15) is 0 Å². The summed E-state index contributed by atoms with van der Waals surface area (Å²) in [5.41, 5.74) is 7.94. The molecule has 1 aliphatic carbocycles. The van der Waals surface area contributed by atoms with Gasteiger partial charge in [-0.15, -0.1) is 0 Å². The lowest BCUT2D eigenvalue weighted by Crippen LogP contribution is -2.54. The largest absolute Gasteiger partial charge is 0.481 e. The predicted octanol–water partition coefficient (Wildman–Crippen LogP) is 2.80. The summed E-state index contributed by atoms with van der Waals surface area (Å²) < 4.78 is 0. The highest BCUT2D eigenvalue weighted by Gasteiger charge is 2.51. The van der Waals surface area contributed by atoms with Crippen molar-refractivity contribution in [2.45, 2.75) is 24.3 Å². The average Bonchev–Trinajstić information content (AvgIpc) is 2.44. The van der Waals surface area contributed by atoms with Gasteiger partial charge in [-0.1, -0.05) is 54.6 Å². The Morgan fingerprint density at radius 3 is 2.25 bits per heavy atom. The van der Waals surface area contributed by atoms with Gasteiger partial charge in [-0.3, -0.25) is 4.79 Å².